The maximum atomic E-state index is 12.4. The van der Waals surface area contributed by atoms with E-state index in [0.29, 0.717) is 5.56 Å². The van der Waals surface area contributed by atoms with Crippen LogP contribution in [0, 0.1) is 12.3 Å². The lowest BCUT2D eigenvalue weighted by molar-refractivity contribution is -0.0504. The van der Waals surface area contributed by atoms with Gasteiger partial charge in [0.15, 0.2) is 0 Å². The van der Waals surface area contributed by atoms with Crippen LogP contribution in [0.1, 0.15) is 31.9 Å². The molecule has 0 radical (unpaired) electrons. The smallest absolute Gasteiger partial charge is 0.387 e. The summed E-state index contributed by atoms with van der Waals surface area (Å²) in [5.41, 5.74) is 0.978. The number of aliphatic hydroxyl groups excluding tert-OH is 1. The van der Waals surface area contributed by atoms with Crippen molar-refractivity contribution in [2.45, 2.75) is 47.0 Å². The summed E-state index contributed by atoms with van der Waals surface area (Å²) in [6.07, 6.45) is -0.690. The normalized spacial score (nSPS) is 12.9. The van der Waals surface area contributed by atoms with Crippen molar-refractivity contribution in [3.63, 3.8) is 0 Å². The summed E-state index contributed by atoms with van der Waals surface area (Å²) < 4.78 is 29.2. The summed E-state index contributed by atoms with van der Waals surface area (Å²) in [5.74, 6) is 0.0284. The van der Waals surface area contributed by atoms with Crippen molar-refractivity contribution in [1.29, 1.82) is 0 Å². The van der Waals surface area contributed by atoms with Crippen molar-refractivity contribution in [3.05, 3.63) is 29.3 Å². The average Bonchev–Trinajstić information content (AvgIpc) is 2.43. The monoisotopic (exact) mass is 330 g/mol. The van der Waals surface area contributed by atoms with Crippen LogP contribution in [0.4, 0.5) is 13.6 Å². The number of hydrogen-bond donors (Lipinski definition) is 3. The van der Waals surface area contributed by atoms with Crippen LogP contribution >= 0.6 is 0 Å². The van der Waals surface area contributed by atoms with Gasteiger partial charge in [-0.15, -0.1) is 0 Å². The molecule has 2 amide bonds. The Kier molecular flexibility index (Phi) is 6.75. The van der Waals surface area contributed by atoms with Gasteiger partial charge in [0.2, 0.25) is 0 Å². The van der Waals surface area contributed by atoms with Crippen LogP contribution in [-0.4, -0.2) is 30.4 Å². The highest BCUT2D eigenvalue weighted by Crippen LogP contribution is 2.22. The van der Waals surface area contributed by atoms with Crippen LogP contribution in [0.25, 0.3) is 0 Å². The number of ether oxygens (including phenoxy) is 1. The molecule has 0 aliphatic rings. The molecule has 0 bridgehead atoms. The second-order valence-electron chi connectivity index (χ2n) is 6.44. The molecule has 0 saturated carbocycles. The molecule has 130 valence electrons. The number of benzene rings is 1. The molecule has 1 rings (SSSR count). The Hall–Kier alpha value is -1.89. The third kappa shape index (κ3) is 6.81. The van der Waals surface area contributed by atoms with Crippen LogP contribution in [-0.2, 0) is 6.54 Å². The van der Waals surface area contributed by atoms with Gasteiger partial charge in [-0.2, -0.15) is 8.78 Å². The summed E-state index contributed by atoms with van der Waals surface area (Å²) in [4.78, 5) is 11.7. The van der Waals surface area contributed by atoms with Gasteiger partial charge in [-0.1, -0.05) is 38.5 Å². The second kappa shape index (κ2) is 8.10. The number of carbonyl (C=O) groups is 1. The number of aryl methyl sites for hydroxylation is 1. The highest BCUT2D eigenvalue weighted by atomic mass is 19.3. The Morgan fingerprint density at radius 3 is 2.52 bits per heavy atom. The SMILES string of the molecule is Cc1ccc(OC(F)F)c(CNC(=O)NCC(O)C(C)(C)C)c1. The van der Waals surface area contributed by atoms with Gasteiger partial charge >= 0.3 is 12.6 Å². The molecule has 0 spiro atoms. The summed E-state index contributed by atoms with van der Waals surface area (Å²) in [6.45, 7) is 4.61. The van der Waals surface area contributed by atoms with Crippen molar-refractivity contribution in [1.82, 2.24) is 10.6 Å². The maximum Gasteiger partial charge on any atom is 0.387 e. The van der Waals surface area contributed by atoms with Crippen molar-refractivity contribution < 1.29 is 23.4 Å². The number of nitrogens with one attached hydrogen (secondary N) is 2. The average molecular weight is 330 g/mol. The zero-order valence-electron chi connectivity index (χ0n) is 13.8. The minimum Gasteiger partial charge on any atom is -0.434 e. The van der Waals surface area contributed by atoms with Crippen LogP contribution in [0.2, 0.25) is 0 Å². The fourth-order valence-corrected chi connectivity index (χ4v) is 1.79. The van der Waals surface area contributed by atoms with E-state index in [4.69, 9.17) is 0 Å². The van der Waals surface area contributed by atoms with E-state index in [1.165, 1.54) is 6.07 Å². The molecule has 7 heteroatoms. The van der Waals surface area contributed by atoms with Gasteiger partial charge in [0.1, 0.15) is 5.75 Å². The quantitative estimate of drug-likeness (QED) is 0.751. The van der Waals surface area contributed by atoms with E-state index in [1.807, 2.05) is 27.7 Å². The molecule has 0 aliphatic heterocycles. The first kappa shape index (κ1) is 19.2. The van der Waals surface area contributed by atoms with Crippen LogP contribution in [0.15, 0.2) is 18.2 Å². The Morgan fingerprint density at radius 2 is 1.96 bits per heavy atom. The molecule has 0 aromatic heterocycles. The van der Waals surface area contributed by atoms with E-state index in [0.717, 1.165) is 5.56 Å². The van der Waals surface area contributed by atoms with E-state index >= 15 is 0 Å². The van der Waals surface area contributed by atoms with E-state index in [-0.39, 0.29) is 24.3 Å². The van der Waals surface area contributed by atoms with Gasteiger partial charge in [-0.25, -0.2) is 4.79 Å². The van der Waals surface area contributed by atoms with Crippen LogP contribution in [0.5, 0.6) is 5.75 Å². The molecule has 0 aliphatic carbocycles. The Labute approximate surface area is 135 Å². The summed E-state index contributed by atoms with van der Waals surface area (Å²) >= 11 is 0. The van der Waals surface area contributed by atoms with Gasteiger partial charge in [0, 0.05) is 18.7 Å². The minimum atomic E-state index is -2.92. The third-order valence-corrected chi connectivity index (χ3v) is 3.33. The van der Waals surface area contributed by atoms with Crippen LogP contribution < -0.4 is 15.4 Å². The van der Waals surface area contributed by atoms with Crippen molar-refractivity contribution in [2.75, 3.05) is 6.54 Å². The molecule has 1 aromatic carbocycles. The molecule has 23 heavy (non-hydrogen) atoms. The predicted octanol–water partition coefficient (Wildman–Crippen LogP) is 2.80. The lowest BCUT2D eigenvalue weighted by Crippen LogP contribution is -2.43. The van der Waals surface area contributed by atoms with Crippen molar-refractivity contribution >= 4 is 6.03 Å². The highest BCUT2D eigenvalue weighted by molar-refractivity contribution is 5.73. The molecule has 1 unspecified atom stereocenters. The summed E-state index contributed by atoms with van der Waals surface area (Å²) in [6, 6.07) is 4.28. The molecular weight excluding hydrogens is 306 g/mol. The Balaban J connectivity index is 2.57. The van der Waals surface area contributed by atoms with Gasteiger partial charge in [-0.05, 0) is 18.4 Å². The molecule has 1 atom stereocenters. The van der Waals surface area contributed by atoms with Gasteiger partial charge in [-0.3, -0.25) is 0 Å². The van der Waals surface area contributed by atoms with Gasteiger partial charge in [0.25, 0.3) is 0 Å². The fourth-order valence-electron chi connectivity index (χ4n) is 1.79. The first-order valence-electron chi connectivity index (χ1n) is 7.33. The molecule has 0 heterocycles. The van der Waals surface area contributed by atoms with Gasteiger partial charge in [0.05, 0.1) is 6.10 Å². The lowest BCUT2D eigenvalue weighted by Gasteiger charge is -2.25. The number of halogens is 2. The topological polar surface area (TPSA) is 70.6 Å². The zero-order valence-corrected chi connectivity index (χ0v) is 13.8. The number of alkyl halides is 2. The third-order valence-electron chi connectivity index (χ3n) is 3.33. The summed E-state index contributed by atoms with van der Waals surface area (Å²) in [5, 5.41) is 15.0. The van der Waals surface area contributed by atoms with Crippen molar-refractivity contribution in [2.24, 2.45) is 5.41 Å². The number of carbonyl (C=O) groups excluding carboxylic acids is 1. The highest BCUT2D eigenvalue weighted by Gasteiger charge is 2.22. The number of rotatable bonds is 6. The second-order valence-corrected chi connectivity index (χ2v) is 6.44. The van der Waals surface area contributed by atoms with Crippen molar-refractivity contribution in [3.8, 4) is 5.75 Å². The number of aliphatic hydroxyl groups is 1. The molecule has 0 saturated heterocycles. The predicted molar refractivity (Wildman–Crippen MR) is 83.5 cm³/mol. The number of hydrogen-bond acceptors (Lipinski definition) is 3. The fraction of sp³-hybridized carbons (Fsp3) is 0.562. The largest absolute Gasteiger partial charge is 0.434 e. The molecule has 5 nitrogen and oxygen atoms in total. The zero-order chi connectivity index (χ0) is 17.6. The van der Waals surface area contributed by atoms with E-state index in [1.54, 1.807) is 12.1 Å². The maximum absolute atomic E-state index is 12.4. The van der Waals surface area contributed by atoms with E-state index in [9.17, 15) is 18.7 Å². The van der Waals surface area contributed by atoms with E-state index in [2.05, 4.69) is 15.4 Å². The van der Waals surface area contributed by atoms with Gasteiger partial charge < -0.3 is 20.5 Å². The van der Waals surface area contributed by atoms with Crippen LogP contribution in [0.3, 0.4) is 0 Å². The molecule has 0 fully saturated rings. The summed E-state index contributed by atoms with van der Waals surface area (Å²) in [7, 11) is 0. The first-order chi connectivity index (χ1) is 10.6. The molecule has 1 aromatic rings. The first-order valence-corrected chi connectivity index (χ1v) is 7.33. The lowest BCUT2D eigenvalue weighted by atomic mass is 9.89. The Bertz CT molecular complexity index is 531. The standard InChI is InChI=1S/C16H24F2N2O3/c1-10-5-6-12(23-14(17)18)11(7-10)8-19-15(22)20-9-13(21)16(2,3)4/h5-7,13-14,21H,8-9H2,1-4H3,(H2,19,20,22). The number of urea groups is 1. The molecule has 3 N–H and O–H groups in total. The molecular formula is C16H24F2N2O3. The minimum absolute atomic E-state index is 0.0284. The Morgan fingerprint density at radius 1 is 1.30 bits per heavy atom. The number of amides is 2. The van der Waals surface area contributed by atoms with E-state index < -0.39 is 18.7 Å².